The molecular formula is C11H19N5O. The zero-order valence-electron chi connectivity index (χ0n) is 10.3. The number of hydrogen-bond acceptors (Lipinski definition) is 6. The Kier molecular flexibility index (Phi) is 3.75. The first-order chi connectivity index (χ1) is 8.26. The number of anilines is 2. The Balaban J connectivity index is 2.13. The van der Waals surface area contributed by atoms with Crippen LogP contribution in [0.25, 0.3) is 0 Å². The number of methoxy groups -OCH3 is 1. The fourth-order valence-corrected chi connectivity index (χ4v) is 2.30. The van der Waals surface area contributed by atoms with Crippen LogP contribution in [0.2, 0.25) is 0 Å². The Bertz CT molecular complexity index is 384. The molecule has 0 radical (unpaired) electrons. The summed E-state index contributed by atoms with van der Waals surface area (Å²) in [6.07, 6.45) is 2.68. The van der Waals surface area contributed by atoms with Crippen LogP contribution < -0.4 is 16.2 Å². The van der Waals surface area contributed by atoms with Crippen molar-refractivity contribution in [3.63, 3.8) is 0 Å². The van der Waals surface area contributed by atoms with Gasteiger partial charge >= 0.3 is 0 Å². The maximum Gasteiger partial charge on any atom is 0.148 e. The average molecular weight is 237 g/mol. The van der Waals surface area contributed by atoms with Crippen molar-refractivity contribution in [3.05, 3.63) is 11.9 Å². The summed E-state index contributed by atoms with van der Waals surface area (Å²) in [5.74, 6) is 7.65. The number of ether oxygens (including phenoxy) is 1. The van der Waals surface area contributed by atoms with Crippen LogP contribution in [-0.4, -0.2) is 36.8 Å². The van der Waals surface area contributed by atoms with Crippen molar-refractivity contribution in [2.45, 2.75) is 13.3 Å². The van der Waals surface area contributed by atoms with E-state index in [1.54, 1.807) is 13.4 Å². The molecule has 0 aliphatic carbocycles. The third kappa shape index (κ3) is 2.48. The van der Waals surface area contributed by atoms with E-state index in [1.165, 1.54) is 0 Å². The molecule has 1 fully saturated rings. The van der Waals surface area contributed by atoms with Crippen molar-refractivity contribution < 1.29 is 4.74 Å². The maximum atomic E-state index is 5.41. The highest BCUT2D eigenvalue weighted by Crippen LogP contribution is 2.27. The van der Waals surface area contributed by atoms with E-state index in [-0.39, 0.29) is 0 Å². The molecule has 3 N–H and O–H groups in total. The molecule has 2 heterocycles. The van der Waals surface area contributed by atoms with Gasteiger partial charge < -0.3 is 15.1 Å². The molecule has 6 nitrogen and oxygen atoms in total. The number of hydrazine groups is 1. The van der Waals surface area contributed by atoms with Crippen LogP contribution in [-0.2, 0) is 4.74 Å². The molecule has 17 heavy (non-hydrogen) atoms. The molecule has 2 rings (SSSR count). The summed E-state index contributed by atoms with van der Waals surface area (Å²) in [6.45, 7) is 4.78. The summed E-state index contributed by atoms with van der Waals surface area (Å²) >= 11 is 0. The zero-order valence-corrected chi connectivity index (χ0v) is 10.3. The highest BCUT2D eigenvalue weighted by atomic mass is 16.5. The predicted octanol–water partition coefficient (Wildman–Crippen LogP) is 0.543. The van der Waals surface area contributed by atoms with E-state index in [0.717, 1.165) is 37.5 Å². The summed E-state index contributed by atoms with van der Waals surface area (Å²) < 4.78 is 5.19. The SMILES string of the molecule is COCC1CCN(c2ncnc(NN)c2C)C1. The standard InChI is InChI=1S/C11H19N5O/c1-8-10(15-12)13-7-14-11(8)16-4-3-9(5-16)6-17-2/h7,9H,3-6,12H2,1-2H3,(H,13,14,15). The van der Waals surface area contributed by atoms with Crippen molar-refractivity contribution in [2.24, 2.45) is 11.8 Å². The molecule has 1 aromatic heterocycles. The van der Waals surface area contributed by atoms with Gasteiger partial charge in [-0.1, -0.05) is 0 Å². The molecule has 0 bridgehead atoms. The Labute approximate surface area is 101 Å². The second kappa shape index (κ2) is 5.29. The third-order valence-corrected chi connectivity index (χ3v) is 3.18. The lowest BCUT2D eigenvalue weighted by atomic mass is 10.1. The lowest BCUT2D eigenvalue weighted by Gasteiger charge is -2.20. The van der Waals surface area contributed by atoms with Gasteiger partial charge in [-0.15, -0.1) is 0 Å². The highest BCUT2D eigenvalue weighted by Gasteiger charge is 2.25. The molecule has 1 aromatic rings. The minimum Gasteiger partial charge on any atom is -0.384 e. The van der Waals surface area contributed by atoms with Gasteiger partial charge in [0.05, 0.1) is 6.61 Å². The molecular weight excluding hydrogens is 218 g/mol. The summed E-state index contributed by atoms with van der Waals surface area (Å²) in [4.78, 5) is 10.7. The van der Waals surface area contributed by atoms with E-state index in [0.29, 0.717) is 11.7 Å². The van der Waals surface area contributed by atoms with Crippen LogP contribution in [0, 0.1) is 12.8 Å². The van der Waals surface area contributed by atoms with Gasteiger partial charge in [-0.3, -0.25) is 0 Å². The Morgan fingerprint density at radius 2 is 2.41 bits per heavy atom. The average Bonchev–Trinajstić information content (AvgIpc) is 2.78. The lowest BCUT2D eigenvalue weighted by Crippen LogP contribution is -2.24. The van der Waals surface area contributed by atoms with Gasteiger partial charge in [0.1, 0.15) is 18.0 Å². The summed E-state index contributed by atoms with van der Waals surface area (Å²) in [5, 5.41) is 0. The fourth-order valence-electron chi connectivity index (χ4n) is 2.30. The quantitative estimate of drug-likeness (QED) is 0.588. The smallest absolute Gasteiger partial charge is 0.148 e. The van der Waals surface area contributed by atoms with Gasteiger partial charge in [0.15, 0.2) is 0 Å². The second-order valence-electron chi connectivity index (χ2n) is 4.37. The van der Waals surface area contributed by atoms with Gasteiger partial charge in [-0.05, 0) is 13.3 Å². The number of hydrogen-bond donors (Lipinski definition) is 2. The Morgan fingerprint density at radius 1 is 1.59 bits per heavy atom. The molecule has 6 heteroatoms. The number of aromatic nitrogens is 2. The Morgan fingerprint density at radius 3 is 3.12 bits per heavy atom. The van der Waals surface area contributed by atoms with Gasteiger partial charge in [0.2, 0.25) is 0 Å². The molecule has 1 unspecified atom stereocenters. The molecule has 0 aromatic carbocycles. The largest absolute Gasteiger partial charge is 0.384 e. The first-order valence-electron chi connectivity index (χ1n) is 5.78. The molecule has 1 aliphatic rings. The van der Waals surface area contributed by atoms with Crippen molar-refractivity contribution in [2.75, 3.05) is 37.1 Å². The van der Waals surface area contributed by atoms with E-state index < -0.39 is 0 Å². The predicted molar refractivity (Wildman–Crippen MR) is 66.8 cm³/mol. The van der Waals surface area contributed by atoms with E-state index in [4.69, 9.17) is 10.6 Å². The van der Waals surface area contributed by atoms with Crippen molar-refractivity contribution >= 4 is 11.6 Å². The molecule has 0 saturated carbocycles. The molecule has 1 aliphatic heterocycles. The monoisotopic (exact) mass is 237 g/mol. The fraction of sp³-hybridized carbons (Fsp3) is 0.636. The van der Waals surface area contributed by atoms with E-state index in [1.807, 2.05) is 6.92 Å². The Hall–Kier alpha value is -1.40. The van der Waals surface area contributed by atoms with Crippen LogP contribution in [0.1, 0.15) is 12.0 Å². The number of nitrogens with zero attached hydrogens (tertiary/aromatic N) is 3. The topological polar surface area (TPSA) is 76.3 Å². The normalized spacial score (nSPS) is 19.7. The third-order valence-electron chi connectivity index (χ3n) is 3.18. The minimum atomic E-state index is 0.587. The van der Waals surface area contributed by atoms with Gasteiger partial charge in [-0.2, -0.15) is 0 Å². The number of nitrogens with two attached hydrogens (primary N) is 1. The summed E-state index contributed by atoms with van der Waals surface area (Å²) in [5.41, 5.74) is 3.59. The first-order valence-corrected chi connectivity index (χ1v) is 5.78. The highest BCUT2D eigenvalue weighted by molar-refractivity contribution is 5.57. The number of rotatable bonds is 4. The van der Waals surface area contributed by atoms with Crippen LogP contribution in [0.4, 0.5) is 11.6 Å². The second-order valence-corrected chi connectivity index (χ2v) is 4.37. The van der Waals surface area contributed by atoms with Crippen LogP contribution in [0.15, 0.2) is 6.33 Å². The molecule has 0 amide bonds. The van der Waals surface area contributed by atoms with Gasteiger partial charge in [0.25, 0.3) is 0 Å². The van der Waals surface area contributed by atoms with E-state index in [2.05, 4.69) is 20.3 Å². The van der Waals surface area contributed by atoms with Gasteiger partial charge in [0, 0.05) is 31.7 Å². The van der Waals surface area contributed by atoms with Crippen LogP contribution in [0.3, 0.4) is 0 Å². The molecule has 1 saturated heterocycles. The van der Waals surface area contributed by atoms with Crippen LogP contribution in [0.5, 0.6) is 0 Å². The number of nitrogen functional groups attached to an aromatic ring is 1. The lowest BCUT2D eigenvalue weighted by molar-refractivity contribution is 0.161. The number of nitrogens with one attached hydrogen (secondary N) is 1. The van der Waals surface area contributed by atoms with Crippen molar-refractivity contribution in [1.29, 1.82) is 0 Å². The van der Waals surface area contributed by atoms with Crippen molar-refractivity contribution in [3.8, 4) is 0 Å². The zero-order chi connectivity index (χ0) is 12.3. The van der Waals surface area contributed by atoms with Crippen LogP contribution >= 0.6 is 0 Å². The summed E-state index contributed by atoms with van der Waals surface area (Å²) in [6, 6.07) is 0. The summed E-state index contributed by atoms with van der Waals surface area (Å²) in [7, 11) is 1.75. The molecule has 94 valence electrons. The molecule has 1 atom stereocenters. The van der Waals surface area contributed by atoms with E-state index in [9.17, 15) is 0 Å². The van der Waals surface area contributed by atoms with E-state index >= 15 is 0 Å². The van der Waals surface area contributed by atoms with Crippen molar-refractivity contribution in [1.82, 2.24) is 9.97 Å². The minimum absolute atomic E-state index is 0.587. The maximum absolute atomic E-state index is 5.41. The first kappa shape index (κ1) is 12.1. The van der Waals surface area contributed by atoms with Gasteiger partial charge in [-0.25, -0.2) is 15.8 Å². The molecule has 0 spiro atoms.